The summed E-state index contributed by atoms with van der Waals surface area (Å²) in [5, 5.41) is 0. The van der Waals surface area contributed by atoms with Gasteiger partial charge in [0.15, 0.2) is 0 Å². The van der Waals surface area contributed by atoms with E-state index < -0.39 is 0 Å². The lowest BCUT2D eigenvalue weighted by atomic mass is 10.1. The van der Waals surface area contributed by atoms with Gasteiger partial charge in [-0.05, 0) is 18.8 Å². The summed E-state index contributed by atoms with van der Waals surface area (Å²) in [6.45, 7) is 7.23. The Kier molecular flexibility index (Phi) is 11.3. The number of ether oxygens (including phenoxy) is 2. The molecule has 0 amide bonds. The smallest absolute Gasteiger partial charge is 0.306 e. The molecule has 112 valence electrons. The van der Waals surface area contributed by atoms with Crippen LogP contribution in [0, 0.1) is 5.92 Å². The van der Waals surface area contributed by atoms with Crippen molar-refractivity contribution in [2.75, 3.05) is 13.2 Å². The van der Waals surface area contributed by atoms with E-state index in [0.29, 0.717) is 19.1 Å². The Morgan fingerprint density at radius 2 is 1.53 bits per heavy atom. The van der Waals surface area contributed by atoms with E-state index in [1.165, 1.54) is 0 Å². The molecule has 0 spiro atoms. The van der Waals surface area contributed by atoms with Crippen LogP contribution in [0.1, 0.15) is 65.7 Å². The van der Waals surface area contributed by atoms with E-state index in [2.05, 4.69) is 20.8 Å². The highest BCUT2D eigenvalue weighted by Crippen LogP contribution is 2.06. The average molecular weight is 272 g/mol. The summed E-state index contributed by atoms with van der Waals surface area (Å²) < 4.78 is 10.1. The first-order valence-electron chi connectivity index (χ1n) is 7.41. The molecule has 0 saturated heterocycles. The molecule has 1 atom stereocenters. The zero-order chi connectivity index (χ0) is 14.5. The summed E-state index contributed by atoms with van der Waals surface area (Å²) in [6, 6.07) is 0. The summed E-state index contributed by atoms with van der Waals surface area (Å²) in [7, 11) is 0. The van der Waals surface area contributed by atoms with Crippen molar-refractivity contribution < 1.29 is 19.1 Å². The maximum absolute atomic E-state index is 11.4. The topological polar surface area (TPSA) is 52.6 Å². The third-order valence-corrected chi connectivity index (χ3v) is 3.11. The molecule has 4 nitrogen and oxygen atoms in total. The number of hydrogen-bond acceptors (Lipinski definition) is 4. The van der Waals surface area contributed by atoms with E-state index in [9.17, 15) is 9.59 Å². The fourth-order valence-corrected chi connectivity index (χ4v) is 1.46. The highest BCUT2D eigenvalue weighted by molar-refractivity contribution is 5.77. The lowest BCUT2D eigenvalue weighted by molar-refractivity contribution is -0.150. The van der Waals surface area contributed by atoms with Gasteiger partial charge >= 0.3 is 11.9 Å². The Morgan fingerprint density at radius 3 is 2.05 bits per heavy atom. The van der Waals surface area contributed by atoms with E-state index in [-0.39, 0.29) is 24.8 Å². The van der Waals surface area contributed by atoms with E-state index in [4.69, 9.17) is 9.47 Å². The molecule has 0 aliphatic carbocycles. The van der Waals surface area contributed by atoms with Gasteiger partial charge in [0.05, 0.1) is 26.1 Å². The van der Waals surface area contributed by atoms with Crippen molar-refractivity contribution in [2.45, 2.75) is 65.7 Å². The quantitative estimate of drug-likeness (QED) is 0.427. The Labute approximate surface area is 116 Å². The zero-order valence-corrected chi connectivity index (χ0v) is 12.6. The van der Waals surface area contributed by atoms with Crippen LogP contribution in [0.15, 0.2) is 0 Å². The number of rotatable bonds is 11. The molecule has 0 heterocycles. The average Bonchev–Trinajstić information content (AvgIpc) is 2.41. The second kappa shape index (κ2) is 12.0. The van der Waals surface area contributed by atoms with Gasteiger partial charge in [-0.15, -0.1) is 0 Å². The predicted molar refractivity (Wildman–Crippen MR) is 74.7 cm³/mol. The van der Waals surface area contributed by atoms with E-state index >= 15 is 0 Å². The SMILES string of the molecule is CCCCCOC(=O)CCC(=O)OCCC(C)CC. The minimum Gasteiger partial charge on any atom is -0.466 e. The van der Waals surface area contributed by atoms with Crippen LogP contribution < -0.4 is 0 Å². The molecule has 0 aromatic rings. The van der Waals surface area contributed by atoms with Crippen molar-refractivity contribution in [3.63, 3.8) is 0 Å². The molecule has 1 unspecified atom stereocenters. The summed E-state index contributed by atoms with van der Waals surface area (Å²) in [6.07, 6.45) is 5.25. The molecule has 0 fully saturated rings. The first-order valence-corrected chi connectivity index (χ1v) is 7.41. The van der Waals surface area contributed by atoms with Gasteiger partial charge < -0.3 is 9.47 Å². The Hall–Kier alpha value is -1.06. The first kappa shape index (κ1) is 17.9. The summed E-state index contributed by atoms with van der Waals surface area (Å²) in [4.78, 5) is 22.7. The standard InChI is InChI=1S/C15H28O4/c1-4-6-7-11-18-14(16)8-9-15(17)19-12-10-13(3)5-2/h13H,4-12H2,1-3H3. The van der Waals surface area contributed by atoms with Crippen molar-refractivity contribution in [1.29, 1.82) is 0 Å². The molecular weight excluding hydrogens is 244 g/mol. The van der Waals surface area contributed by atoms with Crippen LogP contribution in [-0.4, -0.2) is 25.2 Å². The second-order valence-electron chi connectivity index (χ2n) is 4.95. The second-order valence-corrected chi connectivity index (χ2v) is 4.95. The van der Waals surface area contributed by atoms with Gasteiger partial charge in [0.1, 0.15) is 0 Å². The van der Waals surface area contributed by atoms with Gasteiger partial charge in [0.2, 0.25) is 0 Å². The normalized spacial score (nSPS) is 11.9. The van der Waals surface area contributed by atoms with Crippen LogP contribution in [0.2, 0.25) is 0 Å². The zero-order valence-electron chi connectivity index (χ0n) is 12.6. The summed E-state index contributed by atoms with van der Waals surface area (Å²) >= 11 is 0. The third kappa shape index (κ3) is 11.7. The molecule has 0 saturated carbocycles. The Morgan fingerprint density at radius 1 is 0.947 bits per heavy atom. The van der Waals surface area contributed by atoms with Crippen LogP contribution in [0.4, 0.5) is 0 Å². The van der Waals surface area contributed by atoms with E-state index in [0.717, 1.165) is 32.1 Å². The molecule has 0 bridgehead atoms. The monoisotopic (exact) mass is 272 g/mol. The molecule has 0 aliphatic heterocycles. The fraction of sp³-hybridized carbons (Fsp3) is 0.867. The minimum absolute atomic E-state index is 0.118. The van der Waals surface area contributed by atoms with Gasteiger partial charge in [-0.25, -0.2) is 0 Å². The predicted octanol–water partition coefficient (Wildman–Crippen LogP) is 3.48. The van der Waals surface area contributed by atoms with Crippen LogP contribution >= 0.6 is 0 Å². The van der Waals surface area contributed by atoms with Crippen molar-refractivity contribution in [1.82, 2.24) is 0 Å². The Balaban J connectivity index is 3.48. The molecule has 0 aliphatic rings. The molecule has 4 heteroatoms. The van der Waals surface area contributed by atoms with Crippen LogP contribution in [0.25, 0.3) is 0 Å². The van der Waals surface area contributed by atoms with Gasteiger partial charge in [-0.3, -0.25) is 9.59 Å². The number of unbranched alkanes of at least 4 members (excludes halogenated alkanes) is 2. The molecule has 0 aromatic heterocycles. The summed E-state index contributed by atoms with van der Waals surface area (Å²) in [5.74, 6) is -0.0554. The van der Waals surface area contributed by atoms with E-state index in [1.54, 1.807) is 0 Å². The molecule has 0 N–H and O–H groups in total. The van der Waals surface area contributed by atoms with Crippen molar-refractivity contribution in [3.05, 3.63) is 0 Å². The van der Waals surface area contributed by atoms with Gasteiger partial charge in [0.25, 0.3) is 0 Å². The highest BCUT2D eigenvalue weighted by atomic mass is 16.5. The van der Waals surface area contributed by atoms with Gasteiger partial charge in [-0.1, -0.05) is 40.0 Å². The number of carbonyl (C=O) groups is 2. The summed E-state index contributed by atoms with van der Waals surface area (Å²) in [5.41, 5.74) is 0. The van der Waals surface area contributed by atoms with Crippen LogP contribution in [0.3, 0.4) is 0 Å². The lowest BCUT2D eigenvalue weighted by Gasteiger charge is -2.09. The Bertz CT molecular complexity index is 251. The van der Waals surface area contributed by atoms with Gasteiger partial charge in [0, 0.05) is 0 Å². The number of hydrogen-bond donors (Lipinski definition) is 0. The first-order chi connectivity index (χ1) is 9.10. The largest absolute Gasteiger partial charge is 0.466 e. The van der Waals surface area contributed by atoms with Crippen LogP contribution in [-0.2, 0) is 19.1 Å². The van der Waals surface area contributed by atoms with E-state index in [1.807, 2.05) is 0 Å². The maximum Gasteiger partial charge on any atom is 0.306 e. The van der Waals surface area contributed by atoms with Crippen molar-refractivity contribution in [3.8, 4) is 0 Å². The van der Waals surface area contributed by atoms with Crippen molar-refractivity contribution >= 4 is 11.9 Å². The molecule has 0 radical (unpaired) electrons. The van der Waals surface area contributed by atoms with Crippen molar-refractivity contribution in [2.24, 2.45) is 5.92 Å². The number of esters is 2. The molecule has 0 rings (SSSR count). The van der Waals surface area contributed by atoms with Gasteiger partial charge in [-0.2, -0.15) is 0 Å². The number of carbonyl (C=O) groups excluding carboxylic acids is 2. The third-order valence-electron chi connectivity index (χ3n) is 3.11. The molecule has 0 aromatic carbocycles. The highest BCUT2D eigenvalue weighted by Gasteiger charge is 2.09. The van der Waals surface area contributed by atoms with Crippen LogP contribution in [0.5, 0.6) is 0 Å². The lowest BCUT2D eigenvalue weighted by Crippen LogP contribution is -2.12. The maximum atomic E-state index is 11.4. The molecular formula is C15H28O4. The minimum atomic E-state index is -0.311. The molecule has 19 heavy (non-hydrogen) atoms. The fourth-order valence-electron chi connectivity index (χ4n) is 1.46.